The molecule has 1 aromatic heterocycles. The molecular weight excluding hydrogens is 288 g/mol. The number of thiazole rings is 1. The van der Waals surface area contributed by atoms with Crippen LogP contribution in [-0.4, -0.2) is 4.98 Å². The Hall–Kier alpha value is -2.13. The SMILES string of the molecule is CCc1ccc(Nc2nc(-c3c(C)cccc3C)cs2)cc1. The molecule has 0 fully saturated rings. The Morgan fingerprint density at radius 1 is 1.00 bits per heavy atom. The summed E-state index contributed by atoms with van der Waals surface area (Å²) in [5.74, 6) is 0. The van der Waals surface area contributed by atoms with Crippen molar-refractivity contribution in [2.24, 2.45) is 0 Å². The monoisotopic (exact) mass is 308 g/mol. The lowest BCUT2D eigenvalue weighted by atomic mass is 10.0. The predicted molar refractivity (Wildman–Crippen MR) is 96.1 cm³/mol. The van der Waals surface area contributed by atoms with Gasteiger partial charge >= 0.3 is 0 Å². The molecule has 3 rings (SSSR count). The Morgan fingerprint density at radius 2 is 1.68 bits per heavy atom. The molecule has 0 aliphatic carbocycles. The molecule has 112 valence electrons. The molecule has 0 aliphatic heterocycles. The van der Waals surface area contributed by atoms with Crippen LogP contribution in [0.25, 0.3) is 11.3 Å². The minimum absolute atomic E-state index is 0.932. The highest BCUT2D eigenvalue weighted by atomic mass is 32.1. The third-order valence-corrected chi connectivity index (χ3v) is 4.61. The lowest BCUT2D eigenvalue weighted by molar-refractivity contribution is 1.14. The molecule has 1 N–H and O–H groups in total. The minimum atomic E-state index is 0.932. The zero-order chi connectivity index (χ0) is 15.5. The predicted octanol–water partition coefficient (Wildman–Crippen LogP) is 5.73. The molecule has 0 atom stereocenters. The van der Waals surface area contributed by atoms with E-state index in [1.807, 2.05) is 0 Å². The number of anilines is 2. The van der Waals surface area contributed by atoms with Crippen molar-refractivity contribution in [1.82, 2.24) is 4.98 Å². The number of aryl methyl sites for hydroxylation is 3. The molecule has 0 unspecified atom stereocenters. The van der Waals surface area contributed by atoms with Gasteiger partial charge in [0.05, 0.1) is 5.69 Å². The maximum absolute atomic E-state index is 4.75. The van der Waals surface area contributed by atoms with Crippen LogP contribution in [0.4, 0.5) is 10.8 Å². The molecule has 22 heavy (non-hydrogen) atoms. The van der Waals surface area contributed by atoms with Gasteiger partial charge in [-0.15, -0.1) is 11.3 Å². The van der Waals surface area contributed by atoms with Gasteiger partial charge in [-0.3, -0.25) is 0 Å². The van der Waals surface area contributed by atoms with Crippen molar-refractivity contribution in [3.8, 4) is 11.3 Å². The van der Waals surface area contributed by atoms with E-state index in [9.17, 15) is 0 Å². The second kappa shape index (κ2) is 6.32. The van der Waals surface area contributed by atoms with Gasteiger partial charge in [0.15, 0.2) is 5.13 Å². The summed E-state index contributed by atoms with van der Waals surface area (Å²) in [4.78, 5) is 4.75. The van der Waals surface area contributed by atoms with Gasteiger partial charge in [-0.25, -0.2) is 4.98 Å². The second-order valence-corrected chi connectivity index (χ2v) is 6.34. The molecule has 0 bridgehead atoms. The summed E-state index contributed by atoms with van der Waals surface area (Å²) in [5, 5.41) is 6.45. The quantitative estimate of drug-likeness (QED) is 0.665. The van der Waals surface area contributed by atoms with Crippen LogP contribution in [-0.2, 0) is 6.42 Å². The highest BCUT2D eigenvalue weighted by Gasteiger charge is 2.09. The lowest BCUT2D eigenvalue weighted by Crippen LogP contribution is -1.91. The number of rotatable bonds is 4. The zero-order valence-corrected chi connectivity index (χ0v) is 14.0. The fraction of sp³-hybridized carbons (Fsp3) is 0.211. The van der Waals surface area contributed by atoms with E-state index in [2.05, 4.69) is 73.9 Å². The van der Waals surface area contributed by atoms with Crippen molar-refractivity contribution in [3.63, 3.8) is 0 Å². The van der Waals surface area contributed by atoms with Crippen LogP contribution >= 0.6 is 11.3 Å². The Balaban J connectivity index is 1.84. The standard InChI is InChI=1S/C19H20N2S/c1-4-15-8-10-16(11-9-15)20-19-21-17(12-22-19)18-13(2)6-5-7-14(18)3/h5-12H,4H2,1-3H3,(H,20,21). The normalized spacial score (nSPS) is 10.7. The van der Waals surface area contributed by atoms with Crippen molar-refractivity contribution in [2.45, 2.75) is 27.2 Å². The molecule has 0 aliphatic rings. The van der Waals surface area contributed by atoms with Crippen molar-refractivity contribution in [3.05, 3.63) is 64.5 Å². The molecule has 3 heteroatoms. The average Bonchev–Trinajstić information content (AvgIpc) is 2.96. The van der Waals surface area contributed by atoms with Gasteiger partial charge in [-0.1, -0.05) is 37.3 Å². The smallest absolute Gasteiger partial charge is 0.187 e. The Bertz CT molecular complexity index is 752. The Kier molecular flexibility index (Phi) is 4.25. The Morgan fingerprint density at radius 3 is 2.32 bits per heavy atom. The molecular formula is C19H20N2S. The third kappa shape index (κ3) is 3.04. The number of aromatic nitrogens is 1. The van der Waals surface area contributed by atoms with Gasteiger partial charge in [-0.05, 0) is 49.1 Å². The van der Waals surface area contributed by atoms with Gasteiger partial charge in [0.25, 0.3) is 0 Å². The van der Waals surface area contributed by atoms with Crippen LogP contribution < -0.4 is 5.32 Å². The summed E-state index contributed by atoms with van der Waals surface area (Å²) in [5.41, 5.74) is 7.26. The highest BCUT2D eigenvalue weighted by molar-refractivity contribution is 7.14. The van der Waals surface area contributed by atoms with E-state index in [1.54, 1.807) is 11.3 Å². The summed E-state index contributed by atoms with van der Waals surface area (Å²) in [6.07, 6.45) is 1.06. The Labute approximate surface area is 135 Å². The summed E-state index contributed by atoms with van der Waals surface area (Å²) in [7, 11) is 0. The van der Waals surface area contributed by atoms with Crippen LogP contribution in [0.3, 0.4) is 0 Å². The van der Waals surface area contributed by atoms with Crippen LogP contribution in [0.15, 0.2) is 47.8 Å². The number of benzene rings is 2. The van der Waals surface area contributed by atoms with Crippen LogP contribution in [0.1, 0.15) is 23.6 Å². The van der Waals surface area contributed by atoms with E-state index in [-0.39, 0.29) is 0 Å². The van der Waals surface area contributed by atoms with E-state index >= 15 is 0 Å². The third-order valence-electron chi connectivity index (χ3n) is 3.85. The minimum Gasteiger partial charge on any atom is -0.332 e. The first kappa shape index (κ1) is 14.8. The molecule has 2 nitrogen and oxygen atoms in total. The zero-order valence-electron chi connectivity index (χ0n) is 13.2. The average molecular weight is 308 g/mol. The van der Waals surface area contributed by atoms with E-state index in [0.29, 0.717) is 0 Å². The fourth-order valence-electron chi connectivity index (χ4n) is 2.61. The summed E-state index contributed by atoms with van der Waals surface area (Å²) >= 11 is 1.64. The van der Waals surface area contributed by atoms with Gasteiger partial charge < -0.3 is 5.32 Å². The summed E-state index contributed by atoms with van der Waals surface area (Å²) in [6, 6.07) is 14.9. The van der Waals surface area contributed by atoms with E-state index < -0.39 is 0 Å². The molecule has 0 radical (unpaired) electrons. The fourth-order valence-corrected chi connectivity index (χ4v) is 3.33. The molecule has 0 spiro atoms. The molecule has 0 amide bonds. The van der Waals surface area contributed by atoms with Gasteiger partial charge in [0.1, 0.15) is 0 Å². The van der Waals surface area contributed by atoms with Crippen molar-refractivity contribution in [2.75, 3.05) is 5.32 Å². The first-order chi connectivity index (χ1) is 10.7. The summed E-state index contributed by atoms with van der Waals surface area (Å²) < 4.78 is 0. The number of nitrogens with zero attached hydrogens (tertiary/aromatic N) is 1. The van der Waals surface area contributed by atoms with Crippen LogP contribution in [0, 0.1) is 13.8 Å². The highest BCUT2D eigenvalue weighted by Crippen LogP contribution is 2.31. The number of nitrogens with one attached hydrogen (secondary N) is 1. The van der Waals surface area contributed by atoms with Gasteiger partial charge in [0, 0.05) is 16.6 Å². The number of hydrogen-bond donors (Lipinski definition) is 1. The van der Waals surface area contributed by atoms with Gasteiger partial charge in [-0.2, -0.15) is 0 Å². The van der Waals surface area contributed by atoms with E-state index in [1.165, 1.54) is 22.3 Å². The number of hydrogen-bond acceptors (Lipinski definition) is 3. The second-order valence-electron chi connectivity index (χ2n) is 5.48. The largest absolute Gasteiger partial charge is 0.332 e. The van der Waals surface area contributed by atoms with E-state index in [4.69, 9.17) is 4.98 Å². The van der Waals surface area contributed by atoms with Crippen LogP contribution in [0.2, 0.25) is 0 Å². The maximum atomic E-state index is 4.75. The topological polar surface area (TPSA) is 24.9 Å². The van der Waals surface area contributed by atoms with Gasteiger partial charge in [0.2, 0.25) is 0 Å². The van der Waals surface area contributed by atoms with Crippen LogP contribution in [0.5, 0.6) is 0 Å². The maximum Gasteiger partial charge on any atom is 0.187 e. The molecule has 0 saturated heterocycles. The summed E-state index contributed by atoms with van der Waals surface area (Å²) in [6.45, 7) is 6.44. The lowest BCUT2D eigenvalue weighted by Gasteiger charge is -2.06. The molecule has 3 aromatic rings. The van der Waals surface area contributed by atoms with Crippen molar-refractivity contribution in [1.29, 1.82) is 0 Å². The molecule has 2 aromatic carbocycles. The first-order valence-corrected chi connectivity index (χ1v) is 8.43. The first-order valence-electron chi connectivity index (χ1n) is 7.55. The molecule has 1 heterocycles. The molecule has 0 saturated carbocycles. The van der Waals surface area contributed by atoms with E-state index in [0.717, 1.165) is 22.9 Å². The van der Waals surface area contributed by atoms with Crippen molar-refractivity contribution >= 4 is 22.2 Å². The van der Waals surface area contributed by atoms with Crippen molar-refractivity contribution < 1.29 is 0 Å².